The second kappa shape index (κ2) is 6.04. The lowest BCUT2D eigenvalue weighted by molar-refractivity contribution is 0.409. The highest BCUT2D eigenvalue weighted by Crippen LogP contribution is 2.31. The van der Waals surface area contributed by atoms with E-state index < -0.39 is 0 Å². The molecule has 0 aliphatic heterocycles. The van der Waals surface area contributed by atoms with Crippen LogP contribution in [0.1, 0.15) is 0 Å². The lowest BCUT2D eigenvalue weighted by Gasteiger charge is -2.11. The van der Waals surface area contributed by atoms with Crippen molar-refractivity contribution in [2.75, 3.05) is 21.3 Å². The molecule has 3 aromatic rings. The van der Waals surface area contributed by atoms with Crippen LogP contribution in [0.25, 0.3) is 22.0 Å². The fourth-order valence-corrected chi connectivity index (χ4v) is 2.60. The molecule has 5 heteroatoms. The Morgan fingerprint density at radius 2 is 1.48 bits per heavy atom. The van der Waals surface area contributed by atoms with Crippen LogP contribution in [0, 0.1) is 0 Å². The van der Waals surface area contributed by atoms with Crippen LogP contribution in [0.5, 0.6) is 17.2 Å². The maximum absolute atomic E-state index is 12.9. The van der Waals surface area contributed by atoms with Gasteiger partial charge in [-0.3, -0.25) is 4.79 Å². The summed E-state index contributed by atoms with van der Waals surface area (Å²) in [5, 5.41) is 0.472. The number of methoxy groups -OCH3 is 3. The Hall–Kier alpha value is -2.95. The van der Waals surface area contributed by atoms with E-state index in [1.165, 1.54) is 0 Å². The van der Waals surface area contributed by atoms with Crippen LogP contribution in [0.15, 0.2) is 47.4 Å². The third-order valence-corrected chi connectivity index (χ3v) is 3.80. The molecule has 0 spiro atoms. The minimum atomic E-state index is -0.111. The standard InChI is InChI=1S/C18H17NO4/c1-21-12-6-4-11(5-7-12)13-10-19-17-15(23-3)9-8-14(22-2)16(17)18(13)20/h4-10H,1-3H3,(H,19,20). The van der Waals surface area contributed by atoms with Crippen LogP contribution in [0.4, 0.5) is 0 Å². The van der Waals surface area contributed by atoms with Crippen molar-refractivity contribution in [3.63, 3.8) is 0 Å². The first-order chi connectivity index (χ1) is 11.2. The van der Waals surface area contributed by atoms with Crippen molar-refractivity contribution in [3.05, 3.63) is 52.8 Å². The van der Waals surface area contributed by atoms with E-state index in [0.29, 0.717) is 28.0 Å². The normalized spacial score (nSPS) is 10.6. The molecule has 0 atom stereocenters. The number of hydrogen-bond donors (Lipinski definition) is 1. The molecular formula is C18H17NO4. The first kappa shape index (κ1) is 15.0. The second-order valence-corrected chi connectivity index (χ2v) is 4.98. The van der Waals surface area contributed by atoms with E-state index in [4.69, 9.17) is 14.2 Å². The highest BCUT2D eigenvalue weighted by molar-refractivity contribution is 5.92. The van der Waals surface area contributed by atoms with Crippen LogP contribution in [0.3, 0.4) is 0 Å². The highest BCUT2D eigenvalue weighted by atomic mass is 16.5. The zero-order chi connectivity index (χ0) is 16.4. The molecular weight excluding hydrogens is 294 g/mol. The number of fused-ring (bicyclic) bond motifs is 1. The van der Waals surface area contributed by atoms with Gasteiger partial charge in [-0.05, 0) is 29.8 Å². The Kier molecular flexibility index (Phi) is 3.93. The monoisotopic (exact) mass is 311 g/mol. The summed E-state index contributed by atoms with van der Waals surface area (Å²) in [5.41, 5.74) is 1.87. The van der Waals surface area contributed by atoms with E-state index in [2.05, 4.69) is 4.98 Å². The number of nitrogens with one attached hydrogen (secondary N) is 1. The molecule has 0 saturated carbocycles. The molecule has 0 amide bonds. The summed E-state index contributed by atoms with van der Waals surface area (Å²) in [6.45, 7) is 0. The summed E-state index contributed by atoms with van der Waals surface area (Å²) in [4.78, 5) is 16.1. The highest BCUT2D eigenvalue weighted by Gasteiger charge is 2.15. The van der Waals surface area contributed by atoms with Crippen molar-refractivity contribution >= 4 is 10.9 Å². The molecule has 0 radical (unpaired) electrons. The van der Waals surface area contributed by atoms with Crippen molar-refractivity contribution in [2.45, 2.75) is 0 Å². The Labute approximate surface area is 133 Å². The van der Waals surface area contributed by atoms with Crippen molar-refractivity contribution in [3.8, 4) is 28.4 Å². The number of ether oxygens (including phenoxy) is 3. The summed E-state index contributed by atoms with van der Waals surface area (Å²) in [6.07, 6.45) is 1.69. The van der Waals surface area contributed by atoms with Gasteiger partial charge in [-0.2, -0.15) is 0 Å². The lowest BCUT2D eigenvalue weighted by atomic mass is 10.0. The number of hydrogen-bond acceptors (Lipinski definition) is 4. The van der Waals surface area contributed by atoms with Crippen molar-refractivity contribution < 1.29 is 14.2 Å². The molecule has 2 aromatic carbocycles. The van der Waals surface area contributed by atoms with Gasteiger partial charge in [-0.25, -0.2) is 0 Å². The van der Waals surface area contributed by atoms with Gasteiger partial charge in [-0.15, -0.1) is 0 Å². The molecule has 0 bridgehead atoms. The van der Waals surface area contributed by atoms with Gasteiger partial charge in [-0.1, -0.05) is 12.1 Å². The molecule has 0 aliphatic carbocycles. The first-order valence-electron chi connectivity index (χ1n) is 7.10. The van der Waals surface area contributed by atoms with E-state index in [1.807, 2.05) is 24.3 Å². The topological polar surface area (TPSA) is 60.6 Å². The van der Waals surface area contributed by atoms with Gasteiger partial charge in [0.05, 0.1) is 32.2 Å². The van der Waals surface area contributed by atoms with Gasteiger partial charge in [0.1, 0.15) is 17.2 Å². The molecule has 3 rings (SSSR count). The summed E-state index contributed by atoms with van der Waals surface area (Å²) >= 11 is 0. The minimum Gasteiger partial charge on any atom is -0.497 e. The molecule has 1 N–H and O–H groups in total. The smallest absolute Gasteiger partial charge is 0.201 e. The van der Waals surface area contributed by atoms with Gasteiger partial charge < -0.3 is 19.2 Å². The molecule has 1 aromatic heterocycles. The maximum Gasteiger partial charge on any atom is 0.201 e. The predicted octanol–water partition coefficient (Wildman–Crippen LogP) is 3.22. The molecule has 5 nitrogen and oxygen atoms in total. The van der Waals surface area contributed by atoms with Gasteiger partial charge >= 0.3 is 0 Å². The van der Waals surface area contributed by atoms with Crippen LogP contribution in [0.2, 0.25) is 0 Å². The molecule has 23 heavy (non-hydrogen) atoms. The SMILES string of the molecule is COc1ccc(-c2c[nH]c3c(OC)ccc(OC)c3c2=O)cc1. The van der Waals surface area contributed by atoms with Crippen LogP contribution in [-0.4, -0.2) is 26.3 Å². The number of pyridine rings is 1. The largest absolute Gasteiger partial charge is 0.497 e. The minimum absolute atomic E-state index is 0.111. The van der Waals surface area contributed by atoms with E-state index >= 15 is 0 Å². The Balaban J connectivity index is 2.27. The van der Waals surface area contributed by atoms with Crippen LogP contribution in [-0.2, 0) is 0 Å². The van der Waals surface area contributed by atoms with Gasteiger partial charge in [0.2, 0.25) is 5.43 Å². The first-order valence-corrected chi connectivity index (χ1v) is 7.10. The van der Waals surface area contributed by atoms with Crippen molar-refractivity contribution in [1.29, 1.82) is 0 Å². The zero-order valence-electron chi connectivity index (χ0n) is 13.2. The average Bonchev–Trinajstić information content (AvgIpc) is 2.61. The number of benzene rings is 2. The molecule has 0 saturated heterocycles. The maximum atomic E-state index is 12.9. The van der Waals surface area contributed by atoms with Gasteiger partial charge in [0.25, 0.3) is 0 Å². The predicted molar refractivity (Wildman–Crippen MR) is 89.7 cm³/mol. The fraction of sp³-hybridized carbons (Fsp3) is 0.167. The fourth-order valence-electron chi connectivity index (χ4n) is 2.60. The van der Waals surface area contributed by atoms with Crippen LogP contribution < -0.4 is 19.6 Å². The quantitative estimate of drug-likeness (QED) is 0.803. The van der Waals surface area contributed by atoms with E-state index in [0.717, 1.165) is 11.3 Å². The van der Waals surface area contributed by atoms with Gasteiger partial charge in [0.15, 0.2) is 0 Å². The van der Waals surface area contributed by atoms with E-state index in [-0.39, 0.29) is 5.43 Å². The molecule has 0 unspecified atom stereocenters. The van der Waals surface area contributed by atoms with Crippen LogP contribution >= 0.6 is 0 Å². The van der Waals surface area contributed by atoms with E-state index in [9.17, 15) is 4.79 Å². The Bertz CT molecular complexity index is 897. The van der Waals surface area contributed by atoms with Crippen molar-refractivity contribution in [1.82, 2.24) is 4.98 Å². The van der Waals surface area contributed by atoms with Gasteiger partial charge in [0, 0.05) is 11.8 Å². The number of aromatic nitrogens is 1. The number of H-pyrrole nitrogens is 1. The summed E-state index contributed by atoms with van der Waals surface area (Å²) in [5.74, 6) is 1.85. The molecule has 0 aliphatic rings. The summed E-state index contributed by atoms with van der Waals surface area (Å²) in [7, 11) is 4.71. The summed E-state index contributed by atoms with van der Waals surface area (Å²) < 4.78 is 15.8. The molecule has 0 fully saturated rings. The number of rotatable bonds is 4. The van der Waals surface area contributed by atoms with E-state index in [1.54, 1.807) is 39.7 Å². The second-order valence-electron chi connectivity index (χ2n) is 4.98. The van der Waals surface area contributed by atoms with Crippen molar-refractivity contribution in [2.24, 2.45) is 0 Å². The zero-order valence-corrected chi connectivity index (χ0v) is 13.2. The lowest BCUT2D eigenvalue weighted by Crippen LogP contribution is -2.08. The Morgan fingerprint density at radius 3 is 2.09 bits per heavy atom. The molecule has 1 heterocycles. The third kappa shape index (κ3) is 2.50. The number of aromatic amines is 1. The average molecular weight is 311 g/mol. The molecule has 118 valence electrons. The summed E-state index contributed by atoms with van der Waals surface area (Å²) in [6, 6.07) is 10.8. The third-order valence-electron chi connectivity index (χ3n) is 3.80. The Morgan fingerprint density at radius 1 is 0.826 bits per heavy atom.